The van der Waals surface area contributed by atoms with Gasteiger partial charge in [-0.25, -0.2) is 8.42 Å². The Hall–Kier alpha value is -1.89. The summed E-state index contributed by atoms with van der Waals surface area (Å²) in [6.07, 6.45) is 1.70. The van der Waals surface area contributed by atoms with Crippen molar-refractivity contribution < 1.29 is 43.4 Å². The maximum absolute atomic E-state index is 13.6. The van der Waals surface area contributed by atoms with Crippen LogP contribution in [0.4, 0.5) is 11.4 Å². The van der Waals surface area contributed by atoms with Crippen molar-refractivity contribution in [1.82, 2.24) is 4.31 Å². The predicted octanol–water partition coefficient (Wildman–Crippen LogP) is -1.74. The molecule has 1 heterocycles. The summed E-state index contributed by atoms with van der Waals surface area (Å²) in [4.78, 5) is 12.9. The first-order valence-corrected chi connectivity index (χ1v) is 15.8. The number of benzene rings is 1. The molecule has 0 aromatic heterocycles. The Morgan fingerprint density at radius 3 is 1.94 bits per heavy atom. The monoisotopic (exact) mass is 559 g/mol. The number of likely N-dealkylation sites (N-methyl/N-ethyl adjacent to an activating group) is 1. The van der Waals surface area contributed by atoms with Crippen molar-refractivity contribution in [3.63, 3.8) is 0 Å². The molecule has 1 aliphatic heterocycles. The Balaban J connectivity index is 2.47. The molecule has 200 valence electrons. The van der Waals surface area contributed by atoms with Crippen LogP contribution >= 0.6 is 0 Å². The second kappa shape index (κ2) is 11.9. The highest BCUT2D eigenvalue weighted by Crippen LogP contribution is 2.32. The molecular weight excluding hydrogens is 528 g/mol. The van der Waals surface area contributed by atoms with Crippen molar-refractivity contribution in [3.8, 4) is 0 Å². The van der Waals surface area contributed by atoms with Gasteiger partial charge in [0.05, 0.1) is 69.1 Å². The molecule has 14 nitrogen and oxygen atoms in total. The first-order valence-electron chi connectivity index (χ1n) is 10.7. The standard InChI is InChI=1S/C18H30N4O10S3/c1-4-19-7-9-21(10-8-19)35(29,30)18-15-16(22(23)24)5-6-17(18)20(11-13-31-33(2,25)26)12-14-32-34(3,27)28/h5-6,15H,4,7-14H2,1-3H3/p+1. The van der Waals surface area contributed by atoms with E-state index < -0.39 is 40.9 Å². The molecule has 0 bridgehead atoms. The molecule has 1 saturated heterocycles. The van der Waals surface area contributed by atoms with E-state index in [0.717, 1.165) is 31.2 Å². The van der Waals surface area contributed by atoms with Crippen molar-refractivity contribution in [2.45, 2.75) is 11.8 Å². The van der Waals surface area contributed by atoms with Crippen LogP contribution in [0.2, 0.25) is 0 Å². The number of anilines is 1. The number of nitro benzene ring substituents is 1. The first kappa shape index (κ1) is 29.3. The largest absolute Gasteiger partial charge is 0.366 e. The molecule has 1 aliphatic rings. The number of nitro groups is 1. The minimum atomic E-state index is -4.18. The van der Waals surface area contributed by atoms with Crippen molar-refractivity contribution in [3.05, 3.63) is 28.3 Å². The molecule has 2 rings (SSSR count). The SMILES string of the molecule is CC[NH+]1CCN(S(=O)(=O)c2cc([N+](=O)[O-])ccc2N(CCOS(C)(=O)=O)CCOS(C)(=O)=O)CC1. The summed E-state index contributed by atoms with van der Waals surface area (Å²) >= 11 is 0. The Labute approximate surface area is 205 Å². The first-order chi connectivity index (χ1) is 16.1. The maximum Gasteiger partial charge on any atom is 0.270 e. The van der Waals surface area contributed by atoms with Crippen LogP contribution < -0.4 is 9.80 Å². The lowest BCUT2D eigenvalue weighted by Crippen LogP contribution is -3.14. The van der Waals surface area contributed by atoms with Gasteiger partial charge in [0.25, 0.3) is 25.9 Å². The van der Waals surface area contributed by atoms with Crippen molar-refractivity contribution in [2.24, 2.45) is 0 Å². The quantitative estimate of drug-likeness (QED) is 0.165. The van der Waals surface area contributed by atoms with Crippen molar-refractivity contribution in [1.29, 1.82) is 0 Å². The van der Waals surface area contributed by atoms with Gasteiger partial charge in [-0.2, -0.15) is 21.1 Å². The fourth-order valence-electron chi connectivity index (χ4n) is 3.57. The van der Waals surface area contributed by atoms with Gasteiger partial charge in [-0.3, -0.25) is 18.5 Å². The molecule has 17 heteroatoms. The zero-order valence-electron chi connectivity index (χ0n) is 19.7. The van der Waals surface area contributed by atoms with Gasteiger partial charge < -0.3 is 9.80 Å². The van der Waals surface area contributed by atoms with E-state index >= 15 is 0 Å². The molecule has 0 unspecified atom stereocenters. The maximum atomic E-state index is 13.6. The third-order valence-electron chi connectivity index (χ3n) is 5.36. The van der Waals surface area contributed by atoms with Crippen LogP contribution in [0.15, 0.2) is 23.1 Å². The molecule has 0 saturated carbocycles. The third-order valence-corrected chi connectivity index (χ3v) is 8.48. The summed E-state index contributed by atoms with van der Waals surface area (Å²) in [6.45, 7) is 3.38. The molecule has 1 fully saturated rings. The third kappa shape index (κ3) is 8.93. The van der Waals surface area contributed by atoms with E-state index in [-0.39, 0.29) is 50.0 Å². The van der Waals surface area contributed by atoms with Crippen LogP contribution in [0.5, 0.6) is 0 Å². The molecule has 1 aromatic rings. The van der Waals surface area contributed by atoms with Gasteiger partial charge in [0.15, 0.2) is 0 Å². The van der Waals surface area contributed by atoms with Crippen LogP contribution in [0.1, 0.15) is 6.92 Å². The number of nitrogens with one attached hydrogen (secondary N) is 1. The van der Waals surface area contributed by atoms with Gasteiger partial charge in [0, 0.05) is 25.2 Å². The summed E-state index contributed by atoms with van der Waals surface area (Å²) in [5, 5.41) is 11.4. The zero-order valence-corrected chi connectivity index (χ0v) is 22.2. The highest BCUT2D eigenvalue weighted by molar-refractivity contribution is 7.89. The van der Waals surface area contributed by atoms with Gasteiger partial charge in [0.1, 0.15) is 4.90 Å². The Bertz CT molecular complexity index is 1170. The van der Waals surface area contributed by atoms with E-state index in [1.165, 1.54) is 20.2 Å². The van der Waals surface area contributed by atoms with Gasteiger partial charge >= 0.3 is 0 Å². The number of non-ortho nitro benzene ring substituents is 1. The lowest BCUT2D eigenvalue weighted by atomic mass is 10.2. The number of quaternary nitrogens is 1. The second-order valence-corrected chi connectivity index (χ2v) is 13.2. The summed E-state index contributed by atoms with van der Waals surface area (Å²) in [6, 6.07) is 3.31. The van der Waals surface area contributed by atoms with Gasteiger partial charge in [0.2, 0.25) is 10.0 Å². The number of nitrogens with zero attached hydrogens (tertiary/aromatic N) is 3. The highest BCUT2D eigenvalue weighted by atomic mass is 32.2. The molecule has 0 spiro atoms. The summed E-state index contributed by atoms with van der Waals surface area (Å²) < 4.78 is 83.4. The van der Waals surface area contributed by atoms with E-state index in [4.69, 9.17) is 8.37 Å². The number of hydrogen-bond acceptors (Lipinski definition) is 11. The predicted molar refractivity (Wildman–Crippen MR) is 127 cm³/mol. The fraction of sp³-hybridized carbons (Fsp3) is 0.667. The number of piperazine rings is 1. The fourth-order valence-corrected chi connectivity index (χ4v) is 6.00. The van der Waals surface area contributed by atoms with Crippen LogP contribution in [0, 0.1) is 10.1 Å². The van der Waals surface area contributed by atoms with Crippen LogP contribution in [0.25, 0.3) is 0 Å². The Kier molecular flexibility index (Phi) is 9.97. The molecule has 1 aromatic carbocycles. The molecule has 1 N–H and O–H groups in total. The van der Waals surface area contributed by atoms with Gasteiger partial charge in [-0.15, -0.1) is 0 Å². The number of rotatable bonds is 13. The number of hydrogen-bond donors (Lipinski definition) is 1. The van der Waals surface area contributed by atoms with Gasteiger partial charge in [-0.1, -0.05) is 0 Å². The van der Waals surface area contributed by atoms with Crippen molar-refractivity contribution in [2.75, 3.05) is 76.4 Å². The normalized spacial score (nSPS) is 16.3. The molecule has 0 radical (unpaired) electrons. The summed E-state index contributed by atoms with van der Waals surface area (Å²) in [7, 11) is -11.8. The van der Waals surface area contributed by atoms with Crippen LogP contribution in [-0.2, 0) is 38.6 Å². The van der Waals surface area contributed by atoms with E-state index in [2.05, 4.69) is 0 Å². The van der Waals surface area contributed by atoms with E-state index in [1.807, 2.05) is 6.92 Å². The summed E-state index contributed by atoms with van der Waals surface area (Å²) in [5.74, 6) is 0. The smallest absolute Gasteiger partial charge is 0.270 e. The van der Waals surface area contributed by atoms with Gasteiger partial charge in [-0.05, 0) is 13.0 Å². The lowest BCUT2D eigenvalue weighted by molar-refractivity contribution is -0.901. The van der Waals surface area contributed by atoms with Crippen LogP contribution in [0.3, 0.4) is 0 Å². The average Bonchev–Trinajstić information content (AvgIpc) is 2.76. The lowest BCUT2D eigenvalue weighted by Gasteiger charge is -2.32. The van der Waals surface area contributed by atoms with E-state index in [1.54, 1.807) is 0 Å². The Morgan fingerprint density at radius 2 is 1.51 bits per heavy atom. The average molecular weight is 560 g/mol. The van der Waals surface area contributed by atoms with E-state index in [0.29, 0.717) is 13.1 Å². The highest BCUT2D eigenvalue weighted by Gasteiger charge is 2.34. The molecular formula is C18H31N4O10S3+. The zero-order chi connectivity index (χ0) is 26.4. The minimum Gasteiger partial charge on any atom is -0.366 e. The minimum absolute atomic E-state index is 0.0371. The molecule has 0 amide bonds. The van der Waals surface area contributed by atoms with Crippen molar-refractivity contribution >= 4 is 41.6 Å². The van der Waals surface area contributed by atoms with Crippen LogP contribution in [-0.4, -0.2) is 106 Å². The number of sulfonamides is 1. The molecule has 35 heavy (non-hydrogen) atoms. The molecule has 0 atom stereocenters. The molecule has 0 aliphatic carbocycles. The second-order valence-electron chi connectivity index (χ2n) is 7.96. The van der Waals surface area contributed by atoms with E-state index in [9.17, 15) is 35.4 Å². The Morgan fingerprint density at radius 1 is 1.00 bits per heavy atom. The summed E-state index contributed by atoms with van der Waals surface area (Å²) in [5.41, 5.74) is -0.403. The topological polar surface area (TPSA) is 175 Å².